The molecule has 0 bridgehead atoms. The number of thiophene rings is 1. The van der Waals surface area contributed by atoms with Gasteiger partial charge in [-0.15, -0.1) is 11.3 Å². The van der Waals surface area contributed by atoms with Crippen LogP contribution in [0.3, 0.4) is 0 Å². The molecule has 0 radical (unpaired) electrons. The van der Waals surface area contributed by atoms with Crippen LogP contribution in [0.1, 0.15) is 15.2 Å². The van der Waals surface area contributed by atoms with E-state index in [9.17, 15) is 9.59 Å². The van der Waals surface area contributed by atoms with E-state index in [1.807, 2.05) is 17.5 Å². The third-order valence-electron chi connectivity index (χ3n) is 2.93. The molecule has 19 heavy (non-hydrogen) atoms. The number of hydrogen-bond acceptors (Lipinski definition) is 3. The van der Waals surface area contributed by atoms with E-state index >= 15 is 0 Å². The lowest BCUT2D eigenvalue weighted by atomic mass is 10.1. The van der Waals surface area contributed by atoms with Crippen molar-refractivity contribution in [1.82, 2.24) is 0 Å². The predicted octanol–water partition coefficient (Wildman–Crippen LogP) is 4.00. The average molecular weight is 401 g/mol. The van der Waals surface area contributed by atoms with Crippen LogP contribution in [-0.4, -0.2) is 11.7 Å². The Bertz CT molecular complexity index is 696. The van der Waals surface area contributed by atoms with Crippen molar-refractivity contribution in [2.75, 3.05) is 4.90 Å². The molecule has 0 unspecified atom stereocenters. The molecule has 1 aliphatic heterocycles. The molecule has 0 saturated carbocycles. The molecule has 1 aliphatic rings. The number of para-hydroxylation sites is 1. The molecule has 3 rings (SSSR count). The Morgan fingerprint density at radius 1 is 1.11 bits per heavy atom. The van der Waals surface area contributed by atoms with E-state index in [2.05, 4.69) is 31.9 Å². The molecule has 0 atom stereocenters. The number of carbonyl (C=O) groups excluding carboxylic acids is 2. The summed E-state index contributed by atoms with van der Waals surface area (Å²) in [6.07, 6.45) is 0. The Labute approximate surface area is 130 Å². The van der Waals surface area contributed by atoms with Crippen molar-refractivity contribution < 1.29 is 9.59 Å². The number of nitrogens with zero attached hydrogens (tertiary/aromatic N) is 1. The largest absolute Gasteiger partial charge is 0.299 e. The van der Waals surface area contributed by atoms with Crippen LogP contribution in [-0.2, 0) is 11.3 Å². The molecular formula is C13H7Br2NO2S. The number of amides is 1. The summed E-state index contributed by atoms with van der Waals surface area (Å²) >= 11 is 8.41. The molecule has 0 N–H and O–H groups in total. The van der Waals surface area contributed by atoms with Gasteiger partial charge in [-0.1, -0.05) is 6.07 Å². The fourth-order valence-corrected chi connectivity index (χ4v) is 4.09. The molecule has 96 valence electrons. The number of fused-ring (bicyclic) bond motifs is 1. The third-order valence-corrected chi connectivity index (χ3v) is 5.48. The molecule has 3 nitrogen and oxygen atoms in total. The molecule has 0 spiro atoms. The van der Waals surface area contributed by atoms with Crippen LogP contribution >= 0.6 is 43.2 Å². The number of carbonyl (C=O) groups is 2. The van der Waals surface area contributed by atoms with Gasteiger partial charge in [-0.3, -0.25) is 14.5 Å². The minimum absolute atomic E-state index is 0.401. The smallest absolute Gasteiger partial charge is 0.298 e. The molecule has 2 heterocycles. The minimum Gasteiger partial charge on any atom is -0.298 e. The highest BCUT2D eigenvalue weighted by Crippen LogP contribution is 2.38. The molecule has 1 aromatic heterocycles. The van der Waals surface area contributed by atoms with Crippen LogP contribution in [0.15, 0.2) is 38.6 Å². The van der Waals surface area contributed by atoms with E-state index in [0.717, 1.165) is 13.8 Å². The lowest BCUT2D eigenvalue weighted by molar-refractivity contribution is -0.114. The van der Waals surface area contributed by atoms with E-state index in [-0.39, 0.29) is 0 Å². The van der Waals surface area contributed by atoms with Gasteiger partial charge in [0.1, 0.15) is 0 Å². The van der Waals surface area contributed by atoms with Crippen molar-refractivity contribution >= 4 is 60.6 Å². The number of halogens is 2. The van der Waals surface area contributed by atoms with Gasteiger partial charge in [0.25, 0.3) is 11.7 Å². The first kappa shape index (κ1) is 13.0. The van der Waals surface area contributed by atoms with Gasteiger partial charge in [-0.05, 0) is 55.4 Å². The van der Waals surface area contributed by atoms with Gasteiger partial charge in [-0.25, -0.2) is 0 Å². The monoisotopic (exact) mass is 399 g/mol. The van der Waals surface area contributed by atoms with Gasteiger partial charge < -0.3 is 0 Å². The zero-order valence-electron chi connectivity index (χ0n) is 9.52. The second kappa shape index (κ2) is 4.85. The standard InChI is InChI=1S/C13H7Br2NO2S/c14-8-4-5-19-10(8)6-16-11-7(12(17)13(16)18)2-1-3-9(11)15/h1-5H,6H2. The van der Waals surface area contributed by atoms with Gasteiger partial charge in [0.2, 0.25) is 0 Å². The van der Waals surface area contributed by atoms with E-state index in [4.69, 9.17) is 0 Å². The molecule has 0 fully saturated rings. The first-order chi connectivity index (χ1) is 9.09. The summed E-state index contributed by atoms with van der Waals surface area (Å²) in [5.41, 5.74) is 1.13. The number of benzene rings is 1. The highest BCUT2D eigenvalue weighted by Gasteiger charge is 2.37. The topological polar surface area (TPSA) is 37.4 Å². The van der Waals surface area contributed by atoms with Gasteiger partial charge >= 0.3 is 0 Å². The highest BCUT2D eigenvalue weighted by atomic mass is 79.9. The maximum absolute atomic E-state index is 12.1. The van der Waals surface area contributed by atoms with Crippen LogP contribution in [0.5, 0.6) is 0 Å². The Morgan fingerprint density at radius 2 is 1.89 bits per heavy atom. The third kappa shape index (κ3) is 2.07. The zero-order valence-corrected chi connectivity index (χ0v) is 13.5. The molecule has 6 heteroatoms. The summed E-state index contributed by atoms with van der Waals surface area (Å²) in [7, 11) is 0. The number of ketones is 1. The normalized spacial score (nSPS) is 14.1. The highest BCUT2D eigenvalue weighted by molar-refractivity contribution is 9.11. The number of hydrogen-bond donors (Lipinski definition) is 0. The maximum Gasteiger partial charge on any atom is 0.299 e. The number of rotatable bonds is 2. The predicted molar refractivity (Wildman–Crippen MR) is 81.7 cm³/mol. The van der Waals surface area contributed by atoms with Crippen molar-refractivity contribution in [3.63, 3.8) is 0 Å². The zero-order chi connectivity index (χ0) is 13.6. The van der Waals surface area contributed by atoms with Gasteiger partial charge in [-0.2, -0.15) is 0 Å². The van der Waals surface area contributed by atoms with Crippen LogP contribution in [0.2, 0.25) is 0 Å². The first-order valence-electron chi connectivity index (χ1n) is 5.46. The van der Waals surface area contributed by atoms with Crippen molar-refractivity contribution in [2.45, 2.75) is 6.54 Å². The first-order valence-corrected chi connectivity index (χ1v) is 7.92. The van der Waals surface area contributed by atoms with E-state index in [1.54, 1.807) is 23.5 Å². The maximum atomic E-state index is 12.1. The van der Waals surface area contributed by atoms with Crippen molar-refractivity contribution in [2.24, 2.45) is 0 Å². The summed E-state index contributed by atoms with van der Waals surface area (Å²) < 4.78 is 1.72. The Morgan fingerprint density at radius 3 is 2.58 bits per heavy atom. The van der Waals surface area contributed by atoms with Crippen molar-refractivity contribution in [1.29, 1.82) is 0 Å². The second-order valence-corrected chi connectivity index (χ2v) is 6.76. The minimum atomic E-state index is -0.470. The van der Waals surface area contributed by atoms with Crippen LogP contribution in [0.4, 0.5) is 5.69 Å². The number of Topliss-reactive ketones (excluding diaryl/α,β-unsaturated/α-hetero) is 1. The fraction of sp³-hybridized carbons (Fsp3) is 0.0769. The molecular weight excluding hydrogens is 394 g/mol. The van der Waals surface area contributed by atoms with Crippen LogP contribution in [0.25, 0.3) is 0 Å². The molecule has 0 saturated heterocycles. The summed E-state index contributed by atoms with van der Waals surface area (Å²) in [4.78, 5) is 26.6. The second-order valence-electron chi connectivity index (χ2n) is 4.05. The Balaban J connectivity index is 2.07. The Kier molecular flexibility index (Phi) is 3.32. The van der Waals surface area contributed by atoms with Crippen molar-refractivity contribution in [3.05, 3.63) is 49.0 Å². The summed E-state index contributed by atoms with van der Waals surface area (Å²) in [6.45, 7) is 0.401. The molecule has 2 aromatic rings. The van der Waals surface area contributed by atoms with E-state index < -0.39 is 11.7 Å². The van der Waals surface area contributed by atoms with Gasteiger partial charge in [0, 0.05) is 13.8 Å². The SMILES string of the molecule is O=C1C(=O)N(Cc2sccc2Br)c2c(Br)cccc21. The lowest BCUT2D eigenvalue weighted by Gasteiger charge is -2.17. The fourth-order valence-electron chi connectivity index (χ4n) is 2.04. The average Bonchev–Trinajstić information content (AvgIpc) is 2.89. The van der Waals surface area contributed by atoms with E-state index in [1.165, 1.54) is 4.90 Å². The molecule has 1 aromatic carbocycles. The summed E-state index contributed by atoms with van der Waals surface area (Å²) in [5, 5.41) is 1.95. The summed E-state index contributed by atoms with van der Waals surface area (Å²) in [6, 6.07) is 7.22. The lowest BCUT2D eigenvalue weighted by Crippen LogP contribution is -2.29. The van der Waals surface area contributed by atoms with Gasteiger partial charge in [0.05, 0.1) is 17.8 Å². The quantitative estimate of drug-likeness (QED) is 0.714. The Hall–Kier alpha value is -0.980. The molecule has 1 amide bonds. The van der Waals surface area contributed by atoms with Crippen LogP contribution < -0.4 is 4.90 Å². The molecule has 0 aliphatic carbocycles. The van der Waals surface area contributed by atoms with E-state index in [0.29, 0.717) is 17.8 Å². The number of anilines is 1. The van der Waals surface area contributed by atoms with Gasteiger partial charge in [0.15, 0.2) is 0 Å². The summed E-state index contributed by atoms with van der Waals surface area (Å²) in [5.74, 6) is -0.911. The van der Waals surface area contributed by atoms with Crippen LogP contribution in [0, 0.1) is 0 Å². The van der Waals surface area contributed by atoms with Crippen molar-refractivity contribution in [3.8, 4) is 0 Å².